The van der Waals surface area contributed by atoms with Gasteiger partial charge in [-0.25, -0.2) is 5.84 Å². The summed E-state index contributed by atoms with van der Waals surface area (Å²) < 4.78 is 37.9. The highest BCUT2D eigenvalue weighted by atomic mass is 19.4. The molecule has 1 fully saturated rings. The van der Waals surface area contributed by atoms with E-state index in [1.54, 1.807) is 0 Å². The molecule has 1 atom stereocenters. The minimum atomic E-state index is -4.78. The van der Waals surface area contributed by atoms with Crippen LogP contribution < -0.4 is 11.3 Å². The molecule has 110 valence electrons. The Labute approximate surface area is 111 Å². The Morgan fingerprint density at radius 2 is 2.15 bits per heavy atom. The van der Waals surface area contributed by atoms with E-state index in [0.717, 1.165) is 4.90 Å². The van der Waals surface area contributed by atoms with Gasteiger partial charge in [-0.15, -0.1) is 10.2 Å². The molecule has 1 unspecified atom stereocenters. The molecule has 2 heterocycles. The molecule has 2 rings (SSSR count). The minimum absolute atomic E-state index is 0.115. The normalized spacial score (nSPS) is 22.9. The number of nitrogen functional groups attached to an aromatic ring is 1. The molecule has 7 nitrogen and oxygen atoms in total. The highest BCUT2D eigenvalue weighted by molar-refractivity contribution is 5.92. The number of β-amino-alcohol motifs (C(OH)–C–C–N with tert-alkyl or cyclic N) is 1. The molecule has 1 aliphatic heterocycles. The number of hydrogen-bond acceptors (Lipinski definition) is 6. The average molecular weight is 291 g/mol. The molecule has 0 spiro atoms. The molecular formula is C10H12F3N5O2. The highest BCUT2D eigenvalue weighted by Gasteiger charge is 2.57. The number of likely N-dealkylation sites (tertiary alicyclic amines) is 1. The Hall–Kier alpha value is -1.94. The third-order valence-corrected chi connectivity index (χ3v) is 3.09. The number of rotatable bonds is 2. The minimum Gasteiger partial charge on any atom is -0.379 e. The standard InChI is InChI=1S/C10H12F3N5O2/c11-10(12,13)9(20)3-4-18(5-9)8(19)6-1-2-7(15-14)17-16-6/h1-2,20H,3-5,14H2,(H,15,17). The fourth-order valence-electron chi connectivity index (χ4n) is 1.88. The monoisotopic (exact) mass is 291 g/mol. The number of halogens is 3. The van der Waals surface area contributed by atoms with Crippen LogP contribution in [0.5, 0.6) is 0 Å². The number of anilines is 1. The van der Waals surface area contributed by atoms with Crippen molar-refractivity contribution in [3.8, 4) is 0 Å². The van der Waals surface area contributed by atoms with Gasteiger partial charge in [0.1, 0.15) is 0 Å². The number of carbonyl (C=O) groups excluding carboxylic acids is 1. The summed E-state index contributed by atoms with van der Waals surface area (Å²) in [5, 5.41) is 16.6. The van der Waals surface area contributed by atoms with Crippen molar-refractivity contribution < 1.29 is 23.1 Å². The van der Waals surface area contributed by atoms with E-state index in [2.05, 4.69) is 15.6 Å². The van der Waals surface area contributed by atoms with Crippen LogP contribution in [0.3, 0.4) is 0 Å². The molecule has 1 aromatic rings. The first-order valence-electron chi connectivity index (χ1n) is 5.65. The van der Waals surface area contributed by atoms with Gasteiger partial charge in [-0.2, -0.15) is 13.2 Å². The molecule has 0 aliphatic carbocycles. The lowest BCUT2D eigenvalue weighted by atomic mass is 10.0. The molecular weight excluding hydrogens is 279 g/mol. The number of nitrogens with zero attached hydrogens (tertiary/aromatic N) is 3. The lowest BCUT2D eigenvalue weighted by molar-refractivity contribution is -0.253. The second kappa shape index (κ2) is 4.87. The molecule has 1 saturated heterocycles. The van der Waals surface area contributed by atoms with Gasteiger partial charge in [0.2, 0.25) is 0 Å². The summed E-state index contributed by atoms with van der Waals surface area (Å²) in [7, 11) is 0. The number of aliphatic hydroxyl groups is 1. The van der Waals surface area contributed by atoms with Gasteiger partial charge in [0, 0.05) is 13.0 Å². The maximum atomic E-state index is 12.6. The van der Waals surface area contributed by atoms with Crippen molar-refractivity contribution in [2.45, 2.75) is 18.2 Å². The largest absolute Gasteiger partial charge is 0.419 e. The number of amides is 1. The van der Waals surface area contributed by atoms with Gasteiger partial charge in [-0.05, 0) is 12.1 Å². The van der Waals surface area contributed by atoms with Crippen molar-refractivity contribution in [1.29, 1.82) is 0 Å². The number of aromatic nitrogens is 2. The van der Waals surface area contributed by atoms with E-state index in [0.29, 0.717) is 0 Å². The molecule has 0 radical (unpaired) electrons. The van der Waals surface area contributed by atoms with Crippen LogP contribution in [0.25, 0.3) is 0 Å². The molecule has 0 bridgehead atoms. The Balaban J connectivity index is 2.11. The topological polar surface area (TPSA) is 104 Å². The summed E-state index contributed by atoms with van der Waals surface area (Å²) in [6.45, 7) is -1.01. The first-order valence-corrected chi connectivity index (χ1v) is 5.65. The summed E-state index contributed by atoms with van der Waals surface area (Å²) in [6, 6.07) is 2.65. The van der Waals surface area contributed by atoms with E-state index >= 15 is 0 Å². The Morgan fingerprint density at radius 1 is 1.45 bits per heavy atom. The second-order valence-corrected chi connectivity index (χ2v) is 4.45. The SMILES string of the molecule is NNc1ccc(C(=O)N2CCC(O)(C(F)(F)F)C2)nn1. The number of hydrazine groups is 1. The Bertz CT molecular complexity index is 507. The fourth-order valence-corrected chi connectivity index (χ4v) is 1.88. The van der Waals surface area contributed by atoms with E-state index < -0.39 is 30.7 Å². The summed E-state index contributed by atoms with van der Waals surface area (Å²) in [5.74, 6) is 4.57. The Morgan fingerprint density at radius 3 is 2.60 bits per heavy atom. The van der Waals surface area contributed by atoms with E-state index in [-0.39, 0.29) is 18.1 Å². The smallest absolute Gasteiger partial charge is 0.379 e. The van der Waals surface area contributed by atoms with Gasteiger partial charge in [0.15, 0.2) is 17.1 Å². The maximum absolute atomic E-state index is 12.6. The van der Waals surface area contributed by atoms with Gasteiger partial charge in [-0.3, -0.25) is 4.79 Å². The zero-order valence-electron chi connectivity index (χ0n) is 10.2. The predicted octanol–water partition coefficient (Wildman–Crippen LogP) is -0.0985. The van der Waals surface area contributed by atoms with Crippen molar-refractivity contribution in [3.63, 3.8) is 0 Å². The van der Waals surface area contributed by atoms with Crippen molar-refractivity contribution >= 4 is 11.7 Å². The average Bonchev–Trinajstić information content (AvgIpc) is 2.82. The van der Waals surface area contributed by atoms with Crippen molar-refractivity contribution in [2.24, 2.45) is 5.84 Å². The van der Waals surface area contributed by atoms with Crippen molar-refractivity contribution in [3.05, 3.63) is 17.8 Å². The third-order valence-electron chi connectivity index (χ3n) is 3.09. The van der Waals surface area contributed by atoms with Crippen LogP contribution >= 0.6 is 0 Å². The summed E-state index contributed by atoms with van der Waals surface area (Å²) in [6.07, 6.45) is -5.33. The van der Waals surface area contributed by atoms with Crippen LogP contribution in [0, 0.1) is 0 Å². The quantitative estimate of drug-likeness (QED) is 0.519. The van der Waals surface area contributed by atoms with Gasteiger partial charge >= 0.3 is 6.18 Å². The molecule has 0 saturated carbocycles. The van der Waals surface area contributed by atoms with Crippen LogP contribution in [-0.2, 0) is 0 Å². The zero-order valence-corrected chi connectivity index (χ0v) is 10.2. The van der Waals surface area contributed by atoms with E-state index in [1.165, 1.54) is 12.1 Å². The fraction of sp³-hybridized carbons (Fsp3) is 0.500. The maximum Gasteiger partial charge on any atom is 0.419 e. The van der Waals surface area contributed by atoms with Crippen LogP contribution in [0.4, 0.5) is 19.0 Å². The summed E-state index contributed by atoms with van der Waals surface area (Å²) in [5.41, 5.74) is -0.773. The predicted molar refractivity (Wildman–Crippen MR) is 61.4 cm³/mol. The van der Waals surface area contributed by atoms with Crippen molar-refractivity contribution in [2.75, 3.05) is 18.5 Å². The molecule has 20 heavy (non-hydrogen) atoms. The number of nitrogens with one attached hydrogen (secondary N) is 1. The third kappa shape index (κ3) is 2.51. The van der Waals surface area contributed by atoms with Crippen LogP contribution in [0.2, 0.25) is 0 Å². The highest BCUT2D eigenvalue weighted by Crippen LogP contribution is 2.37. The molecule has 0 aromatic carbocycles. The van der Waals surface area contributed by atoms with E-state index in [9.17, 15) is 23.1 Å². The zero-order chi connectivity index (χ0) is 15.0. The Kier molecular flexibility index (Phi) is 3.52. The van der Waals surface area contributed by atoms with Crippen LogP contribution in [-0.4, -0.2) is 51.0 Å². The number of carbonyl (C=O) groups is 1. The van der Waals surface area contributed by atoms with E-state index in [4.69, 9.17) is 5.84 Å². The first-order chi connectivity index (χ1) is 9.27. The first kappa shape index (κ1) is 14.5. The second-order valence-electron chi connectivity index (χ2n) is 4.45. The van der Waals surface area contributed by atoms with Gasteiger partial charge in [0.25, 0.3) is 5.91 Å². The molecule has 1 aromatic heterocycles. The number of alkyl halides is 3. The van der Waals surface area contributed by atoms with Crippen molar-refractivity contribution in [1.82, 2.24) is 15.1 Å². The lowest BCUT2D eigenvalue weighted by Crippen LogP contribution is -2.48. The van der Waals surface area contributed by atoms with E-state index in [1.807, 2.05) is 0 Å². The van der Waals surface area contributed by atoms with Crippen LogP contribution in [0.1, 0.15) is 16.9 Å². The lowest BCUT2D eigenvalue weighted by Gasteiger charge is -2.25. The van der Waals surface area contributed by atoms with Gasteiger partial charge < -0.3 is 15.4 Å². The van der Waals surface area contributed by atoms with Crippen LogP contribution in [0.15, 0.2) is 12.1 Å². The summed E-state index contributed by atoms with van der Waals surface area (Å²) in [4.78, 5) is 12.9. The van der Waals surface area contributed by atoms with Gasteiger partial charge in [-0.1, -0.05) is 0 Å². The number of hydrogen-bond donors (Lipinski definition) is 3. The number of nitrogens with two attached hydrogens (primary N) is 1. The summed E-state index contributed by atoms with van der Waals surface area (Å²) >= 11 is 0. The molecule has 1 amide bonds. The molecule has 10 heteroatoms. The molecule has 4 N–H and O–H groups in total. The van der Waals surface area contributed by atoms with Gasteiger partial charge in [0.05, 0.1) is 6.54 Å². The molecule has 1 aliphatic rings.